The molecule has 2 aromatic heterocycles. The van der Waals surface area contributed by atoms with Gasteiger partial charge in [0.15, 0.2) is 0 Å². The van der Waals surface area contributed by atoms with Crippen molar-refractivity contribution in [2.45, 2.75) is 24.5 Å². The van der Waals surface area contributed by atoms with Crippen LogP contribution in [0.1, 0.15) is 6.23 Å². The van der Waals surface area contributed by atoms with Crippen molar-refractivity contribution in [3.05, 3.63) is 11.6 Å². The van der Waals surface area contributed by atoms with Gasteiger partial charge in [-0.3, -0.25) is 0 Å². The number of fused-ring (bicyclic) bond motifs is 2. The fourth-order valence-electron chi connectivity index (χ4n) is 2.85. The van der Waals surface area contributed by atoms with Crippen molar-refractivity contribution in [3.8, 4) is 0 Å². The van der Waals surface area contributed by atoms with Crippen LogP contribution in [0.5, 0.6) is 0 Å². The molecule has 2 aromatic rings. The van der Waals surface area contributed by atoms with E-state index in [1.807, 2.05) is 0 Å². The summed E-state index contributed by atoms with van der Waals surface area (Å²) in [5.41, 5.74) is 6.47. The van der Waals surface area contributed by atoms with E-state index in [-0.39, 0.29) is 17.7 Å². The van der Waals surface area contributed by atoms with Crippen LogP contribution in [0, 0.1) is 0 Å². The molecule has 0 radical (unpaired) electrons. The van der Waals surface area contributed by atoms with Gasteiger partial charge in [-0.1, -0.05) is 0 Å². The number of nitrogens with zero attached hydrogens (tertiary/aromatic N) is 4. The molecule has 4 rings (SSSR count). The predicted octanol–water partition coefficient (Wildman–Crippen LogP) is -1.23. The summed E-state index contributed by atoms with van der Waals surface area (Å²) in [6, 6.07) is 0. The van der Waals surface area contributed by atoms with Crippen molar-refractivity contribution in [2.75, 3.05) is 12.3 Å². The minimum atomic E-state index is -3.24. The summed E-state index contributed by atoms with van der Waals surface area (Å²) in [7, 11) is -1.75. The minimum absolute atomic E-state index is 0.0309. The van der Waals surface area contributed by atoms with E-state index < -0.39 is 32.4 Å². The molecule has 0 bridgehead atoms. The molecule has 0 aromatic carbocycles. The SMILES string of the molecule is B[PH]1(O)OC[C@H]2O[C@@H](n3cnc4c(N)nc(Cl)nc43)[C@@H](O)[C@H]2O1. The average molecular weight is 361 g/mol. The Kier molecular flexibility index (Phi) is 3.51. The Morgan fingerprint density at radius 3 is 3.04 bits per heavy atom. The van der Waals surface area contributed by atoms with Gasteiger partial charge >= 0.3 is 136 Å². The van der Waals surface area contributed by atoms with Crippen molar-refractivity contribution >= 4 is 44.0 Å². The van der Waals surface area contributed by atoms with Gasteiger partial charge in [0, 0.05) is 0 Å². The Hall–Kier alpha value is -1.07. The zero-order chi connectivity index (χ0) is 16.4. The van der Waals surface area contributed by atoms with Crippen LogP contribution in [-0.2, 0) is 13.8 Å². The predicted molar refractivity (Wildman–Crippen MR) is 84.6 cm³/mol. The molecule has 0 spiro atoms. The normalized spacial score (nSPS) is 34.4. The molecule has 23 heavy (non-hydrogen) atoms. The molecule has 0 amide bonds. The summed E-state index contributed by atoms with van der Waals surface area (Å²) in [5, 5.41) is 10.5. The van der Waals surface area contributed by atoms with Gasteiger partial charge < -0.3 is 0 Å². The second kappa shape index (κ2) is 5.22. The third kappa shape index (κ3) is 2.49. The maximum absolute atomic E-state index is 10.5. The van der Waals surface area contributed by atoms with Crippen LogP contribution in [0.3, 0.4) is 0 Å². The molecule has 124 valence electrons. The van der Waals surface area contributed by atoms with Crippen LogP contribution in [-0.4, -0.2) is 62.0 Å². The third-order valence-electron chi connectivity index (χ3n) is 3.87. The maximum atomic E-state index is 10.5. The third-order valence-corrected chi connectivity index (χ3v) is 5.46. The molecule has 2 aliphatic rings. The summed E-state index contributed by atoms with van der Waals surface area (Å²) in [5.74, 6) is 0.138. The molecule has 4 N–H and O–H groups in total. The first-order valence-electron chi connectivity index (χ1n) is 6.89. The zero-order valence-electron chi connectivity index (χ0n) is 12.0. The quantitative estimate of drug-likeness (QED) is 0.324. The van der Waals surface area contributed by atoms with Gasteiger partial charge in [0.1, 0.15) is 0 Å². The van der Waals surface area contributed by atoms with Crippen molar-refractivity contribution in [1.82, 2.24) is 19.5 Å². The van der Waals surface area contributed by atoms with E-state index in [9.17, 15) is 10.00 Å². The van der Waals surface area contributed by atoms with Crippen LogP contribution >= 0.6 is 19.4 Å². The zero-order valence-corrected chi connectivity index (χ0v) is 13.7. The van der Waals surface area contributed by atoms with Gasteiger partial charge in [-0.15, -0.1) is 0 Å². The van der Waals surface area contributed by atoms with Crippen LogP contribution in [0.4, 0.5) is 5.82 Å². The Bertz CT molecular complexity index is 777. The van der Waals surface area contributed by atoms with Gasteiger partial charge in [-0.25, -0.2) is 0 Å². The van der Waals surface area contributed by atoms with Gasteiger partial charge in [-0.05, 0) is 0 Å². The molecule has 2 fully saturated rings. The molecule has 2 aliphatic heterocycles. The molecule has 0 unspecified atom stereocenters. The van der Waals surface area contributed by atoms with Crippen molar-refractivity contribution < 1.29 is 23.8 Å². The Balaban J connectivity index is 1.72. The van der Waals surface area contributed by atoms with Crippen LogP contribution < -0.4 is 5.73 Å². The van der Waals surface area contributed by atoms with Crippen LogP contribution in [0.2, 0.25) is 5.28 Å². The van der Waals surface area contributed by atoms with Gasteiger partial charge in [0.2, 0.25) is 0 Å². The number of imidazole rings is 1. The monoisotopic (exact) mass is 361 g/mol. The van der Waals surface area contributed by atoms with E-state index in [1.54, 1.807) is 0 Å². The summed E-state index contributed by atoms with van der Waals surface area (Å²) in [4.78, 5) is 22.0. The number of aliphatic hydroxyl groups excluding tert-OH is 1. The first-order chi connectivity index (χ1) is 10.9. The summed E-state index contributed by atoms with van der Waals surface area (Å²) < 4.78 is 18.0. The first-order valence-corrected chi connectivity index (χ1v) is 9.53. The van der Waals surface area contributed by atoms with E-state index in [2.05, 4.69) is 15.0 Å². The number of hydrogen-bond acceptors (Lipinski definition) is 9. The molecular weight excluding hydrogens is 347 g/mol. The number of aromatic nitrogens is 4. The molecule has 0 saturated carbocycles. The Morgan fingerprint density at radius 1 is 1.48 bits per heavy atom. The number of hydrogen-bond donors (Lipinski definition) is 3. The summed E-state index contributed by atoms with van der Waals surface area (Å²) in [6.07, 6.45) is -1.60. The summed E-state index contributed by atoms with van der Waals surface area (Å²) in [6.45, 7) is 0.141. The average Bonchev–Trinajstić information content (AvgIpc) is 3.00. The molecule has 4 heterocycles. The van der Waals surface area contributed by atoms with Crippen LogP contribution in [0.25, 0.3) is 11.2 Å². The molecule has 13 heteroatoms. The topological polar surface area (TPSA) is 138 Å². The Morgan fingerprint density at radius 2 is 2.26 bits per heavy atom. The fraction of sp³-hybridized carbons (Fsp3) is 0.500. The van der Waals surface area contributed by atoms with E-state index in [0.717, 1.165) is 0 Å². The van der Waals surface area contributed by atoms with Gasteiger partial charge in [-0.2, -0.15) is 0 Å². The van der Waals surface area contributed by atoms with Crippen molar-refractivity contribution in [3.63, 3.8) is 0 Å². The van der Waals surface area contributed by atoms with Gasteiger partial charge in [0.25, 0.3) is 0 Å². The number of halogens is 1. The van der Waals surface area contributed by atoms with Crippen molar-refractivity contribution in [1.29, 1.82) is 0 Å². The number of rotatable bonds is 1. The number of nitrogen functional groups attached to an aromatic ring is 1. The van der Waals surface area contributed by atoms with Crippen LogP contribution in [0.15, 0.2) is 6.33 Å². The second-order valence-corrected chi connectivity index (χ2v) is 8.21. The van der Waals surface area contributed by atoms with E-state index in [4.69, 9.17) is 31.1 Å². The van der Waals surface area contributed by atoms with E-state index in [0.29, 0.717) is 11.2 Å². The fourth-order valence-corrected chi connectivity index (χ4v) is 4.36. The van der Waals surface area contributed by atoms with E-state index >= 15 is 0 Å². The first kappa shape index (κ1) is 15.5. The number of nitrogens with two attached hydrogens (primary N) is 1. The van der Waals surface area contributed by atoms with Gasteiger partial charge in [0.05, 0.1) is 0 Å². The van der Waals surface area contributed by atoms with E-state index in [1.165, 1.54) is 18.5 Å². The molecule has 2 saturated heterocycles. The number of anilines is 1. The Labute approximate surface area is 136 Å². The standard InChI is InChI=1S/C10H14BClN5O5P/c11-23(19)20-1-3-6(22-23)5(18)9(21-3)17-2-14-4-7(13)15-10(12)16-8(4)17/h2-3,5-6,9,18-19,23H,1,11H2,(H2,13,15,16)/t3-,5+,6+,9-/m1/s1. The molecular formula is C10H14BClN5O5P. The number of ether oxygens (including phenoxy) is 1. The molecule has 10 nitrogen and oxygen atoms in total. The second-order valence-electron chi connectivity index (χ2n) is 5.55. The van der Waals surface area contributed by atoms with Crippen molar-refractivity contribution in [2.24, 2.45) is 0 Å². The summed E-state index contributed by atoms with van der Waals surface area (Å²) >= 11 is 5.84. The number of aliphatic hydroxyl groups is 1. The molecule has 4 atom stereocenters. The molecule has 0 aliphatic carbocycles.